The lowest BCUT2D eigenvalue weighted by atomic mass is 10.2. The Morgan fingerprint density at radius 3 is 2.56 bits per heavy atom. The highest BCUT2D eigenvalue weighted by Crippen LogP contribution is 2.19. The summed E-state index contributed by atoms with van der Waals surface area (Å²) >= 11 is 0. The quantitative estimate of drug-likeness (QED) is 0.751. The zero-order chi connectivity index (χ0) is 13.9. The zero-order valence-electron chi connectivity index (χ0n) is 10.6. The first-order chi connectivity index (χ1) is 8.28. The van der Waals surface area contributed by atoms with Crippen LogP contribution in [0.4, 0.5) is 5.69 Å². The smallest absolute Gasteiger partial charge is 0.243 e. The van der Waals surface area contributed by atoms with E-state index in [1.807, 2.05) is 0 Å². The number of rotatable bonds is 4. The molecular weight excluding hydrogens is 254 g/mol. The van der Waals surface area contributed by atoms with Gasteiger partial charge in [-0.2, -0.15) is 4.31 Å². The van der Waals surface area contributed by atoms with Gasteiger partial charge < -0.3 is 11.1 Å². The van der Waals surface area contributed by atoms with Crippen molar-refractivity contribution in [1.29, 1.82) is 0 Å². The molecule has 0 heterocycles. The first-order valence-electron chi connectivity index (χ1n) is 5.32. The monoisotopic (exact) mass is 271 g/mol. The van der Waals surface area contributed by atoms with E-state index >= 15 is 0 Å². The highest BCUT2D eigenvalue weighted by molar-refractivity contribution is 7.89. The number of hydrogen-bond donors (Lipinski definition) is 2. The third-order valence-corrected chi connectivity index (χ3v) is 4.40. The van der Waals surface area contributed by atoms with Gasteiger partial charge in [0.2, 0.25) is 15.9 Å². The summed E-state index contributed by atoms with van der Waals surface area (Å²) < 4.78 is 25.3. The molecule has 0 radical (unpaired) electrons. The van der Waals surface area contributed by atoms with Gasteiger partial charge in [-0.1, -0.05) is 6.07 Å². The third kappa shape index (κ3) is 2.99. The van der Waals surface area contributed by atoms with Gasteiger partial charge in [-0.3, -0.25) is 4.79 Å². The summed E-state index contributed by atoms with van der Waals surface area (Å²) in [6.45, 7) is 1.56. The van der Waals surface area contributed by atoms with Gasteiger partial charge in [-0.15, -0.1) is 0 Å². The van der Waals surface area contributed by atoms with E-state index in [1.165, 1.54) is 26.2 Å². The Balaban J connectivity index is 3.05. The second-order valence-electron chi connectivity index (χ2n) is 3.95. The van der Waals surface area contributed by atoms with E-state index in [9.17, 15) is 13.2 Å². The van der Waals surface area contributed by atoms with Crippen molar-refractivity contribution in [2.24, 2.45) is 0 Å². The molecule has 0 saturated heterocycles. The first kappa shape index (κ1) is 14.5. The number of aryl methyl sites for hydroxylation is 1. The Hall–Kier alpha value is -1.60. The molecule has 0 spiro atoms. The van der Waals surface area contributed by atoms with Crippen LogP contribution >= 0.6 is 0 Å². The van der Waals surface area contributed by atoms with Crippen molar-refractivity contribution in [3.8, 4) is 0 Å². The maximum Gasteiger partial charge on any atom is 0.243 e. The van der Waals surface area contributed by atoms with E-state index in [0.29, 0.717) is 5.69 Å². The molecule has 1 amide bonds. The average Bonchev–Trinajstić information content (AvgIpc) is 2.32. The molecule has 0 aliphatic heterocycles. The molecule has 1 aromatic carbocycles. The van der Waals surface area contributed by atoms with Crippen molar-refractivity contribution < 1.29 is 13.2 Å². The van der Waals surface area contributed by atoms with E-state index in [2.05, 4.69) is 5.32 Å². The molecular formula is C11H17N3O3S. The Morgan fingerprint density at radius 1 is 1.44 bits per heavy atom. The van der Waals surface area contributed by atoms with Crippen molar-refractivity contribution >= 4 is 21.6 Å². The second kappa shape index (κ2) is 5.36. The van der Waals surface area contributed by atoms with Gasteiger partial charge in [0, 0.05) is 19.8 Å². The van der Waals surface area contributed by atoms with Gasteiger partial charge in [0.25, 0.3) is 0 Å². The lowest BCUT2D eigenvalue weighted by Gasteiger charge is -2.16. The summed E-state index contributed by atoms with van der Waals surface area (Å²) in [6.07, 6.45) is 0. The highest BCUT2D eigenvalue weighted by atomic mass is 32.2. The van der Waals surface area contributed by atoms with Crippen molar-refractivity contribution in [3.05, 3.63) is 23.8 Å². The fraction of sp³-hybridized carbons (Fsp3) is 0.364. The molecule has 1 aromatic rings. The van der Waals surface area contributed by atoms with Crippen LogP contribution in [-0.2, 0) is 14.8 Å². The van der Waals surface area contributed by atoms with Crippen LogP contribution in [0.1, 0.15) is 5.56 Å². The molecule has 0 unspecified atom stereocenters. The molecule has 0 aromatic heterocycles. The van der Waals surface area contributed by atoms with Gasteiger partial charge >= 0.3 is 0 Å². The SMILES string of the molecule is CNC(=O)CN(C)S(=O)(=O)c1ccc(C)c(N)c1. The summed E-state index contributed by atoms with van der Waals surface area (Å²) in [7, 11) is -0.892. The van der Waals surface area contributed by atoms with Crippen LogP contribution in [-0.4, -0.2) is 39.3 Å². The standard InChI is InChI=1S/C11H17N3O3S/c1-8-4-5-9(6-10(8)12)18(16,17)14(3)7-11(15)13-2/h4-6H,7,12H2,1-3H3,(H,13,15). The van der Waals surface area contributed by atoms with Crippen molar-refractivity contribution in [1.82, 2.24) is 9.62 Å². The van der Waals surface area contributed by atoms with Crippen LogP contribution in [0.2, 0.25) is 0 Å². The summed E-state index contributed by atoms with van der Waals surface area (Å²) in [5.41, 5.74) is 6.90. The number of amides is 1. The van der Waals surface area contributed by atoms with Crippen molar-refractivity contribution in [2.75, 3.05) is 26.4 Å². The number of anilines is 1. The van der Waals surface area contributed by atoms with Crippen LogP contribution in [0, 0.1) is 6.92 Å². The largest absolute Gasteiger partial charge is 0.398 e. The van der Waals surface area contributed by atoms with E-state index < -0.39 is 10.0 Å². The van der Waals surface area contributed by atoms with Gasteiger partial charge in [-0.25, -0.2) is 8.42 Å². The molecule has 6 nitrogen and oxygen atoms in total. The number of likely N-dealkylation sites (N-methyl/N-ethyl adjacent to an activating group) is 2. The van der Waals surface area contributed by atoms with Crippen molar-refractivity contribution in [3.63, 3.8) is 0 Å². The van der Waals surface area contributed by atoms with Crippen LogP contribution in [0.25, 0.3) is 0 Å². The number of carbonyl (C=O) groups is 1. The van der Waals surface area contributed by atoms with Gasteiger partial charge in [0.1, 0.15) is 0 Å². The zero-order valence-corrected chi connectivity index (χ0v) is 11.4. The maximum absolute atomic E-state index is 12.1. The predicted octanol–water partition coefficient (Wildman–Crippen LogP) is -0.0563. The number of benzene rings is 1. The number of nitrogens with two attached hydrogens (primary N) is 1. The Kier molecular flexibility index (Phi) is 4.31. The fourth-order valence-corrected chi connectivity index (χ4v) is 2.49. The Morgan fingerprint density at radius 2 is 2.06 bits per heavy atom. The van der Waals surface area contributed by atoms with Gasteiger partial charge in [0.15, 0.2) is 0 Å². The molecule has 0 saturated carbocycles. The molecule has 3 N–H and O–H groups in total. The number of nitrogen functional groups attached to an aromatic ring is 1. The molecule has 100 valence electrons. The number of sulfonamides is 1. The summed E-state index contributed by atoms with van der Waals surface area (Å²) in [5, 5.41) is 2.37. The van der Waals surface area contributed by atoms with E-state index in [0.717, 1.165) is 9.87 Å². The normalized spacial score (nSPS) is 11.6. The summed E-state index contributed by atoms with van der Waals surface area (Å²) in [5.74, 6) is -0.374. The number of carbonyl (C=O) groups excluding carboxylic acids is 1. The summed E-state index contributed by atoms with van der Waals surface area (Å²) in [6, 6.07) is 4.50. The molecule has 0 fully saturated rings. The minimum absolute atomic E-state index is 0.0806. The molecule has 7 heteroatoms. The maximum atomic E-state index is 12.1. The van der Waals surface area contributed by atoms with Gasteiger partial charge in [-0.05, 0) is 24.6 Å². The number of nitrogens with zero attached hydrogens (tertiary/aromatic N) is 1. The van der Waals surface area contributed by atoms with E-state index in [1.54, 1.807) is 13.0 Å². The van der Waals surface area contributed by atoms with E-state index in [4.69, 9.17) is 5.73 Å². The molecule has 1 rings (SSSR count). The highest BCUT2D eigenvalue weighted by Gasteiger charge is 2.22. The minimum Gasteiger partial charge on any atom is -0.398 e. The fourth-order valence-electron chi connectivity index (χ4n) is 1.33. The van der Waals surface area contributed by atoms with Crippen LogP contribution in [0.5, 0.6) is 0 Å². The number of nitrogens with one attached hydrogen (secondary N) is 1. The van der Waals surface area contributed by atoms with E-state index in [-0.39, 0.29) is 17.3 Å². The third-order valence-electron chi connectivity index (χ3n) is 2.60. The van der Waals surface area contributed by atoms with Crippen LogP contribution in [0.3, 0.4) is 0 Å². The predicted molar refractivity (Wildman–Crippen MR) is 69.5 cm³/mol. The molecule has 0 atom stereocenters. The second-order valence-corrected chi connectivity index (χ2v) is 6.00. The molecule has 18 heavy (non-hydrogen) atoms. The Bertz CT molecular complexity index is 555. The summed E-state index contributed by atoms with van der Waals surface area (Å²) in [4.78, 5) is 11.3. The van der Waals surface area contributed by atoms with Crippen molar-refractivity contribution in [2.45, 2.75) is 11.8 Å². The molecule has 0 bridgehead atoms. The molecule has 0 aliphatic carbocycles. The Labute approximate surface area is 107 Å². The minimum atomic E-state index is -3.69. The van der Waals surface area contributed by atoms with Crippen LogP contribution in [0.15, 0.2) is 23.1 Å². The van der Waals surface area contributed by atoms with Gasteiger partial charge in [0.05, 0.1) is 11.4 Å². The van der Waals surface area contributed by atoms with Crippen LogP contribution < -0.4 is 11.1 Å². The lowest BCUT2D eigenvalue weighted by molar-refractivity contribution is -0.120. The topological polar surface area (TPSA) is 92.5 Å². The molecule has 0 aliphatic rings. The first-order valence-corrected chi connectivity index (χ1v) is 6.76. The lowest BCUT2D eigenvalue weighted by Crippen LogP contribution is -2.36. The number of hydrogen-bond acceptors (Lipinski definition) is 4. The average molecular weight is 271 g/mol.